The Labute approximate surface area is 91.2 Å². The van der Waals surface area contributed by atoms with E-state index >= 15 is 0 Å². The molecule has 0 atom stereocenters. The molecule has 1 aliphatic heterocycles. The van der Waals surface area contributed by atoms with Gasteiger partial charge in [-0.1, -0.05) is 15.9 Å². The molecular formula is C10H11BrN2O. The molecule has 0 radical (unpaired) electrons. The van der Waals surface area contributed by atoms with E-state index in [1.54, 1.807) is 4.90 Å². The van der Waals surface area contributed by atoms with Gasteiger partial charge in [0.25, 0.3) is 5.91 Å². The number of carbonyl (C=O) groups is 1. The van der Waals surface area contributed by atoms with Gasteiger partial charge in [-0.25, -0.2) is 0 Å². The lowest BCUT2D eigenvalue weighted by molar-refractivity contribution is 0.0767. The first-order chi connectivity index (χ1) is 6.72. The molecular weight excluding hydrogens is 244 g/mol. The molecule has 1 aromatic carbocycles. The first-order valence-electron chi connectivity index (χ1n) is 4.55. The van der Waals surface area contributed by atoms with Crippen LogP contribution < -0.4 is 5.32 Å². The van der Waals surface area contributed by atoms with Gasteiger partial charge in [0.2, 0.25) is 0 Å². The lowest BCUT2D eigenvalue weighted by atomic mass is 10.1. The van der Waals surface area contributed by atoms with E-state index in [-0.39, 0.29) is 5.91 Å². The Kier molecular flexibility index (Phi) is 2.46. The number of benzene rings is 1. The van der Waals surface area contributed by atoms with Crippen LogP contribution in [0.1, 0.15) is 17.3 Å². The van der Waals surface area contributed by atoms with Crippen LogP contribution in [0.25, 0.3) is 0 Å². The number of nitrogens with zero attached hydrogens (tertiary/aromatic N) is 1. The van der Waals surface area contributed by atoms with Gasteiger partial charge < -0.3 is 10.2 Å². The SMILES string of the molecule is CCN1CNc2cc(Br)ccc2C1=O. The van der Waals surface area contributed by atoms with Crippen molar-refractivity contribution in [1.82, 2.24) is 4.90 Å². The molecule has 0 aromatic heterocycles. The summed E-state index contributed by atoms with van der Waals surface area (Å²) in [7, 11) is 0. The van der Waals surface area contributed by atoms with Crippen LogP contribution in [0.15, 0.2) is 22.7 Å². The van der Waals surface area contributed by atoms with E-state index in [1.807, 2.05) is 25.1 Å². The highest BCUT2D eigenvalue weighted by molar-refractivity contribution is 9.10. The van der Waals surface area contributed by atoms with Crippen LogP contribution in [0.3, 0.4) is 0 Å². The van der Waals surface area contributed by atoms with Crippen LogP contribution in [0, 0.1) is 0 Å². The van der Waals surface area contributed by atoms with Crippen molar-refractivity contribution < 1.29 is 4.79 Å². The smallest absolute Gasteiger partial charge is 0.257 e. The van der Waals surface area contributed by atoms with E-state index < -0.39 is 0 Å². The normalized spacial score (nSPS) is 15.0. The number of anilines is 1. The van der Waals surface area contributed by atoms with E-state index in [9.17, 15) is 4.79 Å². The largest absolute Gasteiger partial charge is 0.367 e. The van der Waals surface area contributed by atoms with Gasteiger partial charge in [0.1, 0.15) is 0 Å². The molecule has 0 saturated carbocycles. The first-order valence-corrected chi connectivity index (χ1v) is 5.34. The van der Waals surface area contributed by atoms with E-state index in [0.29, 0.717) is 6.67 Å². The zero-order valence-electron chi connectivity index (χ0n) is 7.88. The van der Waals surface area contributed by atoms with Gasteiger partial charge in [-0.3, -0.25) is 4.79 Å². The van der Waals surface area contributed by atoms with Crippen LogP contribution in [0.5, 0.6) is 0 Å². The Morgan fingerprint density at radius 3 is 3.07 bits per heavy atom. The second kappa shape index (κ2) is 3.61. The topological polar surface area (TPSA) is 32.3 Å². The van der Waals surface area contributed by atoms with E-state index in [4.69, 9.17) is 0 Å². The lowest BCUT2D eigenvalue weighted by Crippen LogP contribution is -2.39. The zero-order chi connectivity index (χ0) is 10.1. The molecule has 0 fully saturated rings. The van der Waals surface area contributed by atoms with E-state index in [2.05, 4.69) is 21.2 Å². The zero-order valence-corrected chi connectivity index (χ0v) is 9.47. The fourth-order valence-electron chi connectivity index (χ4n) is 1.53. The highest BCUT2D eigenvalue weighted by Crippen LogP contribution is 2.25. The van der Waals surface area contributed by atoms with Crippen molar-refractivity contribution in [3.8, 4) is 0 Å². The predicted octanol–water partition coefficient (Wildman–Crippen LogP) is 2.29. The van der Waals surface area contributed by atoms with Crippen LogP contribution in [-0.4, -0.2) is 24.0 Å². The summed E-state index contributed by atoms with van der Waals surface area (Å²) in [6.45, 7) is 3.31. The van der Waals surface area contributed by atoms with Gasteiger partial charge in [0, 0.05) is 16.7 Å². The third-order valence-electron chi connectivity index (χ3n) is 2.34. The summed E-state index contributed by atoms with van der Waals surface area (Å²) in [5, 5.41) is 3.21. The van der Waals surface area contributed by atoms with Crippen LogP contribution in [0.2, 0.25) is 0 Å². The summed E-state index contributed by atoms with van der Waals surface area (Å²) in [6.07, 6.45) is 0. The molecule has 74 valence electrons. The second-order valence-corrected chi connectivity index (χ2v) is 4.10. The third-order valence-corrected chi connectivity index (χ3v) is 2.83. The van der Waals surface area contributed by atoms with E-state index in [1.165, 1.54) is 0 Å². The number of hydrogen-bond acceptors (Lipinski definition) is 2. The number of halogens is 1. The molecule has 1 aliphatic rings. The maximum atomic E-state index is 11.8. The average Bonchev–Trinajstić information content (AvgIpc) is 2.18. The molecule has 1 N–H and O–H groups in total. The van der Waals surface area contributed by atoms with E-state index in [0.717, 1.165) is 22.3 Å². The number of fused-ring (bicyclic) bond motifs is 1. The van der Waals surface area contributed by atoms with Crippen molar-refractivity contribution in [2.45, 2.75) is 6.92 Å². The van der Waals surface area contributed by atoms with Crippen LogP contribution in [0.4, 0.5) is 5.69 Å². The maximum absolute atomic E-state index is 11.8. The Balaban J connectivity index is 2.41. The van der Waals surface area contributed by atoms with Crippen molar-refractivity contribution in [2.24, 2.45) is 0 Å². The summed E-state index contributed by atoms with van der Waals surface area (Å²) in [4.78, 5) is 13.6. The molecule has 0 bridgehead atoms. The minimum atomic E-state index is 0.105. The minimum Gasteiger partial charge on any atom is -0.367 e. The monoisotopic (exact) mass is 254 g/mol. The third kappa shape index (κ3) is 1.50. The van der Waals surface area contributed by atoms with Crippen molar-refractivity contribution in [1.29, 1.82) is 0 Å². The number of carbonyl (C=O) groups excluding carboxylic acids is 1. The van der Waals surface area contributed by atoms with Crippen molar-refractivity contribution in [3.05, 3.63) is 28.2 Å². The molecule has 1 heterocycles. The molecule has 14 heavy (non-hydrogen) atoms. The van der Waals surface area contributed by atoms with Crippen LogP contribution in [-0.2, 0) is 0 Å². The van der Waals surface area contributed by atoms with Gasteiger partial charge in [0.15, 0.2) is 0 Å². The van der Waals surface area contributed by atoms with Gasteiger partial charge in [-0.15, -0.1) is 0 Å². The molecule has 4 heteroatoms. The van der Waals surface area contributed by atoms with Gasteiger partial charge in [-0.05, 0) is 25.1 Å². The molecule has 3 nitrogen and oxygen atoms in total. The summed E-state index contributed by atoms with van der Waals surface area (Å²) >= 11 is 3.38. The van der Waals surface area contributed by atoms with Crippen molar-refractivity contribution in [2.75, 3.05) is 18.5 Å². The second-order valence-electron chi connectivity index (χ2n) is 3.19. The minimum absolute atomic E-state index is 0.105. The molecule has 1 amide bonds. The fraction of sp³-hybridized carbons (Fsp3) is 0.300. The lowest BCUT2D eigenvalue weighted by Gasteiger charge is -2.28. The van der Waals surface area contributed by atoms with Gasteiger partial charge >= 0.3 is 0 Å². The number of nitrogens with one attached hydrogen (secondary N) is 1. The Hall–Kier alpha value is -1.03. The summed E-state index contributed by atoms with van der Waals surface area (Å²) in [5.74, 6) is 0.105. The first kappa shape index (κ1) is 9.52. The number of hydrogen-bond donors (Lipinski definition) is 1. The fourth-order valence-corrected chi connectivity index (χ4v) is 1.89. The molecule has 0 spiro atoms. The standard InChI is InChI=1S/C10H11BrN2O/c1-2-13-6-12-9-5-7(11)3-4-8(9)10(13)14/h3-5,12H,2,6H2,1H3. The molecule has 0 aliphatic carbocycles. The Morgan fingerprint density at radius 1 is 1.57 bits per heavy atom. The molecule has 1 aromatic rings. The molecule has 2 rings (SSSR count). The quantitative estimate of drug-likeness (QED) is 0.835. The maximum Gasteiger partial charge on any atom is 0.257 e. The highest BCUT2D eigenvalue weighted by atomic mass is 79.9. The van der Waals surface area contributed by atoms with Crippen molar-refractivity contribution >= 4 is 27.5 Å². The number of amides is 1. The number of rotatable bonds is 1. The Bertz CT molecular complexity index is 378. The predicted molar refractivity (Wildman–Crippen MR) is 59.3 cm³/mol. The molecule has 0 unspecified atom stereocenters. The van der Waals surface area contributed by atoms with Crippen molar-refractivity contribution in [3.63, 3.8) is 0 Å². The van der Waals surface area contributed by atoms with Crippen LogP contribution >= 0.6 is 15.9 Å². The molecule has 0 saturated heterocycles. The van der Waals surface area contributed by atoms with Gasteiger partial charge in [-0.2, -0.15) is 0 Å². The summed E-state index contributed by atoms with van der Waals surface area (Å²) < 4.78 is 0.987. The van der Waals surface area contributed by atoms with Gasteiger partial charge in [0.05, 0.1) is 12.2 Å². The highest BCUT2D eigenvalue weighted by Gasteiger charge is 2.22. The summed E-state index contributed by atoms with van der Waals surface area (Å²) in [5.41, 5.74) is 1.66. The Morgan fingerprint density at radius 2 is 2.36 bits per heavy atom. The average molecular weight is 255 g/mol. The summed E-state index contributed by atoms with van der Waals surface area (Å²) in [6, 6.07) is 5.66.